The van der Waals surface area contributed by atoms with E-state index in [2.05, 4.69) is 32.9 Å². The number of aliphatic hydroxyl groups excluding tert-OH is 1. The third kappa shape index (κ3) is 5.52. The zero-order valence-corrected chi connectivity index (χ0v) is 18.2. The second-order valence-electron chi connectivity index (χ2n) is 8.31. The Bertz CT molecular complexity index is 783. The maximum atomic E-state index is 9.41. The van der Waals surface area contributed by atoms with Gasteiger partial charge in [0.1, 0.15) is 5.75 Å². The van der Waals surface area contributed by atoms with Crippen LogP contribution in [0.4, 0.5) is 0 Å². The minimum Gasteiger partial charge on any atom is -0.491 e. The molecule has 2 aromatic rings. The van der Waals surface area contributed by atoms with Crippen LogP contribution in [0.1, 0.15) is 69.8 Å². The fraction of sp³-hybridized carbons (Fsp3) is 0.609. The molecule has 0 bridgehead atoms. The molecule has 0 aliphatic carbocycles. The van der Waals surface area contributed by atoms with Gasteiger partial charge in [0.15, 0.2) is 0 Å². The molecule has 2 heterocycles. The minimum atomic E-state index is -0.364. The molecule has 29 heavy (non-hydrogen) atoms. The zero-order valence-electron chi connectivity index (χ0n) is 18.2. The van der Waals surface area contributed by atoms with Gasteiger partial charge >= 0.3 is 0 Å². The quantitative estimate of drug-likeness (QED) is 0.708. The highest BCUT2D eigenvalue weighted by Gasteiger charge is 2.26. The molecule has 0 spiro atoms. The first kappa shape index (κ1) is 21.7. The lowest BCUT2D eigenvalue weighted by molar-refractivity contribution is -0.159. The predicted molar refractivity (Wildman–Crippen MR) is 113 cm³/mol. The molecule has 160 valence electrons. The third-order valence-electron chi connectivity index (χ3n) is 5.16. The topological polar surface area (TPSA) is 65.7 Å². The Kier molecular flexibility index (Phi) is 7.19. The Morgan fingerprint density at radius 3 is 2.52 bits per heavy atom. The number of aromatic nitrogens is 2. The van der Waals surface area contributed by atoms with Crippen molar-refractivity contribution in [2.45, 2.75) is 84.8 Å². The average molecular weight is 403 g/mol. The summed E-state index contributed by atoms with van der Waals surface area (Å²) in [4.78, 5) is 0. The molecule has 3 rings (SSSR count). The van der Waals surface area contributed by atoms with Gasteiger partial charge in [-0.15, -0.1) is 5.10 Å². The van der Waals surface area contributed by atoms with E-state index in [-0.39, 0.29) is 31.1 Å². The van der Waals surface area contributed by atoms with Crippen LogP contribution in [0.25, 0.3) is 0 Å². The van der Waals surface area contributed by atoms with Crippen LogP contribution in [-0.2, 0) is 11.2 Å². The van der Waals surface area contributed by atoms with Crippen molar-refractivity contribution in [3.8, 4) is 11.6 Å². The van der Waals surface area contributed by atoms with Crippen LogP contribution in [0.5, 0.6) is 11.6 Å². The molecule has 0 saturated carbocycles. The fourth-order valence-corrected chi connectivity index (χ4v) is 3.70. The summed E-state index contributed by atoms with van der Waals surface area (Å²) in [5.41, 5.74) is 3.35. The highest BCUT2D eigenvalue weighted by atomic mass is 16.7. The van der Waals surface area contributed by atoms with Gasteiger partial charge < -0.3 is 19.3 Å². The van der Waals surface area contributed by atoms with Crippen molar-refractivity contribution in [3.63, 3.8) is 0 Å². The van der Waals surface area contributed by atoms with E-state index in [0.29, 0.717) is 5.88 Å². The van der Waals surface area contributed by atoms with Crippen LogP contribution in [0.2, 0.25) is 0 Å². The van der Waals surface area contributed by atoms with Crippen molar-refractivity contribution in [2.75, 3.05) is 6.61 Å². The Hall–Kier alpha value is -2.05. The summed E-state index contributed by atoms with van der Waals surface area (Å²) in [5, 5.41) is 14.1. The van der Waals surface area contributed by atoms with E-state index < -0.39 is 0 Å². The first-order valence-electron chi connectivity index (χ1n) is 10.6. The maximum Gasteiger partial charge on any atom is 0.238 e. The Morgan fingerprint density at radius 2 is 1.90 bits per heavy atom. The molecule has 0 radical (unpaired) electrons. The molecule has 1 fully saturated rings. The van der Waals surface area contributed by atoms with Gasteiger partial charge in [0.05, 0.1) is 18.8 Å². The molecular weight excluding hydrogens is 368 g/mol. The summed E-state index contributed by atoms with van der Waals surface area (Å²) >= 11 is 0. The van der Waals surface area contributed by atoms with Crippen molar-refractivity contribution < 1.29 is 19.3 Å². The molecule has 1 N–H and O–H groups in total. The number of nitrogens with zero attached hydrogens (tertiary/aromatic N) is 2. The van der Waals surface area contributed by atoms with Gasteiger partial charge in [-0.05, 0) is 65.2 Å². The van der Waals surface area contributed by atoms with Crippen molar-refractivity contribution in [3.05, 3.63) is 41.1 Å². The van der Waals surface area contributed by atoms with E-state index in [1.807, 2.05) is 30.7 Å². The van der Waals surface area contributed by atoms with E-state index >= 15 is 0 Å². The molecule has 1 aromatic heterocycles. The van der Waals surface area contributed by atoms with Crippen LogP contribution < -0.4 is 9.47 Å². The van der Waals surface area contributed by atoms with Gasteiger partial charge in [0.25, 0.3) is 0 Å². The predicted octanol–water partition coefficient (Wildman–Crippen LogP) is 4.42. The Morgan fingerprint density at radius 1 is 1.17 bits per heavy atom. The van der Waals surface area contributed by atoms with Crippen molar-refractivity contribution in [1.29, 1.82) is 0 Å². The molecule has 2 atom stereocenters. The van der Waals surface area contributed by atoms with Crippen LogP contribution >= 0.6 is 0 Å². The second-order valence-corrected chi connectivity index (χ2v) is 8.31. The number of benzene rings is 1. The summed E-state index contributed by atoms with van der Waals surface area (Å²) in [6.07, 6.45) is 3.03. The minimum absolute atomic E-state index is 0.0248. The molecule has 1 saturated heterocycles. The Balaban J connectivity index is 1.81. The van der Waals surface area contributed by atoms with Gasteiger partial charge in [-0.2, -0.15) is 0 Å². The van der Waals surface area contributed by atoms with Crippen LogP contribution in [0, 0.1) is 6.92 Å². The number of aliphatic hydroxyl groups is 1. The first-order chi connectivity index (χ1) is 13.9. The van der Waals surface area contributed by atoms with Gasteiger partial charge in [0, 0.05) is 30.1 Å². The highest BCUT2D eigenvalue weighted by Crippen LogP contribution is 2.30. The summed E-state index contributed by atoms with van der Waals surface area (Å²) in [6.45, 7) is 10.4. The van der Waals surface area contributed by atoms with Crippen LogP contribution in [0.15, 0.2) is 24.3 Å². The third-order valence-corrected chi connectivity index (χ3v) is 5.16. The van der Waals surface area contributed by atoms with Crippen molar-refractivity contribution in [1.82, 2.24) is 9.78 Å². The molecule has 1 aliphatic heterocycles. The second kappa shape index (κ2) is 9.63. The summed E-state index contributed by atoms with van der Waals surface area (Å²) < 4.78 is 19.8. The van der Waals surface area contributed by atoms with Crippen molar-refractivity contribution >= 4 is 0 Å². The molecule has 1 aliphatic rings. The maximum absolute atomic E-state index is 9.41. The summed E-state index contributed by atoms with van der Waals surface area (Å²) in [7, 11) is 0. The lowest BCUT2D eigenvalue weighted by atomic mass is 10.0. The van der Waals surface area contributed by atoms with E-state index in [1.165, 1.54) is 5.56 Å². The lowest BCUT2D eigenvalue weighted by Gasteiger charge is -2.28. The standard InChI is InChI=1S/C23H34N2O4/c1-15(2)25-17(5)21(13-18-9-11-19(12-10-18)27-16(3)4)23(24-25)29-22-8-6-7-20(14-26)28-22/h9-12,15-16,20,22,26H,6-8,13-14H2,1-5H3. The normalized spacial score (nSPS) is 19.7. The van der Waals surface area contributed by atoms with Crippen molar-refractivity contribution in [2.24, 2.45) is 0 Å². The summed E-state index contributed by atoms with van der Waals surface area (Å²) in [5.74, 6) is 1.50. The van der Waals surface area contributed by atoms with Gasteiger partial charge in [-0.3, -0.25) is 4.68 Å². The van der Waals surface area contributed by atoms with E-state index in [1.54, 1.807) is 0 Å². The number of rotatable bonds is 8. The number of hydrogen-bond donors (Lipinski definition) is 1. The molecule has 6 heteroatoms. The highest BCUT2D eigenvalue weighted by molar-refractivity contribution is 5.38. The molecular formula is C23H34N2O4. The average Bonchev–Trinajstić information content (AvgIpc) is 2.99. The van der Waals surface area contributed by atoms with Gasteiger partial charge in [-0.25, -0.2) is 0 Å². The Labute approximate surface area is 173 Å². The van der Waals surface area contributed by atoms with E-state index in [9.17, 15) is 5.11 Å². The van der Waals surface area contributed by atoms with E-state index in [4.69, 9.17) is 19.3 Å². The summed E-state index contributed by atoms with van der Waals surface area (Å²) in [6, 6.07) is 8.44. The molecule has 1 aromatic carbocycles. The first-order valence-corrected chi connectivity index (χ1v) is 10.6. The molecule has 0 amide bonds. The van der Waals surface area contributed by atoms with Gasteiger partial charge in [0.2, 0.25) is 12.2 Å². The SMILES string of the molecule is Cc1c(Cc2ccc(OC(C)C)cc2)c(OC2CCCC(CO)O2)nn1C(C)C. The lowest BCUT2D eigenvalue weighted by Crippen LogP contribution is -2.34. The van der Waals surface area contributed by atoms with E-state index in [0.717, 1.165) is 42.7 Å². The largest absolute Gasteiger partial charge is 0.491 e. The zero-order chi connectivity index (χ0) is 21.0. The molecule has 2 unspecified atom stereocenters. The fourth-order valence-electron chi connectivity index (χ4n) is 3.70. The van der Waals surface area contributed by atoms with Gasteiger partial charge in [-0.1, -0.05) is 12.1 Å². The smallest absolute Gasteiger partial charge is 0.238 e. The number of ether oxygens (including phenoxy) is 3. The van der Waals surface area contributed by atoms with Crippen LogP contribution in [-0.4, -0.2) is 40.0 Å². The monoisotopic (exact) mass is 402 g/mol. The van der Waals surface area contributed by atoms with Crippen LogP contribution in [0.3, 0.4) is 0 Å². The number of hydrogen-bond acceptors (Lipinski definition) is 5. The molecule has 6 nitrogen and oxygen atoms in total.